The Labute approximate surface area is 226 Å². The Morgan fingerprint density at radius 2 is 1.84 bits per heavy atom. The standard InChI is InChI=1S/C32H40N2O4/c1-21-15-25-12-14-34(32(36)29(25)16-22(21)2)19-23-7-6-13-33(18-23)20-26(35)17-24-8-5-9-28-27(24)10-11-30(37-3)31(28)38-4/h5,8-11,15-16,23,26,35H,6-7,12-14,17-20H2,1-4H3. The van der Waals surface area contributed by atoms with Crippen LogP contribution in [0.5, 0.6) is 11.5 Å². The molecule has 6 heteroatoms. The first-order valence-electron chi connectivity index (χ1n) is 13.8. The highest BCUT2D eigenvalue weighted by Crippen LogP contribution is 2.37. The van der Waals surface area contributed by atoms with Crippen molar-refractivity contribution in [2.45, 2.75) is 45.6 Å². The van der Waals surface area contributed by atoms with Crippen LogP contribution >= 0.6 is 0 Å². The van der Waals surface area contributed by atoms with E-state index in [0.29, 0.717) is 24.6 Å². The third-order valence-corrected chi connectivity index (χ3v) is 8.38. The van der Waals surface area contributed by atoms with Crippen molar-refractivity contribution in [1.29, 1.82) is 0 Å². The minimum absolute atomic E-state index is 0.175. The summed E-state index contributed by atoms with van der Waals surface area (Å²) in [5.74, 6) is 2.04. The smallest absolute Gasteiger partial charge is 0.254 e. The average molecular weight is 517 g/mol. The maximum absolute atomic E-state index is 13.3. The second-order valence-electron chi connectivity index (χ2n) is 11.0. The molecule has 38 heavy (non-hydrogen) atoms. The molecule has 2 aliphatic rings. The summed E-state index contributed by atoms with van der Waals surface area (Å²) in [7, 11) is 3.30. The number of carbonyl (C=O) groups excluding carboxylic acids is 1. The molecule has 5 rings (SSSR count). The van der Waals surface area contributed by atoms with Gasteiger partial charge in [-0.05, 0) is 85.3 Å². The quantitative estimate of drug-likeness (QED) is 0.467. The van der Waals surface area contributed by atoms with Crippen molar-refractivity contribution in [3.63, 3.8) is 0 Å². The predicted octanol–water partition coefficient (Wildman–Crippen LogP) is 4.79. The topological polar surface area (TPSA) is 62.2 Å². The number of piperidine rings is 1. The van der Waals surface area contributed by atoms with Crippen LogP contribution in [0.2, 0.25) is 0 Å². The number of ether oxygens (including phenoxy) is 2. The Balaban J connectivity index is 1.21. The number of fused-ring (bicyclic) bond motifs is 2. The van der Waals surface area contributed by atoms with E-state index in [1.54, 1.807) is 14.2 Å². The van der Waals surface area contributed by atoms with Gasteiger partial charge in [-0.25, -0.2) is 0 Å². The van der Waals surface area contributed by atoms with Gasteiger partial charge in [-0.3, -0.25) is 4.79 Å². The van der Waals surface area contributed by atoms with Gasteiger partial charge in [0, 0.05) is 43.5 Å². The maximum atomic E-state index is 13.3. The van der Waals surface area contributed by atoms with Crippen molar-refractivity contribution in [2.24, 2.45) is 5.92 Å². The number of hydrogen-bond donors (Lipinski definition) is 1. The fourth-order valence-corrected chi connectivity index (χ4v) is 6.30. The van der Waals surface area contributed by atoms with Crippen molar-refractivity contribution in [3.05, 3.63) is 70.3 Å². The highest BCUT2D eigenvalue weighted by atomic mass is 16.5. The Morgan fingerprint density at radius 1 is 1.03 bits per heavy atom. The molecular weight excluding hydrogens is 476 g/mol. The molecule has 3 aromatic carbocycles. The molecule has 0 saturated carbocycles. The van der Waals surface area contributed by atoms with Crippen LogP contribution in [0.25, 0.3) is 10.8 Å². The van der Waals surface area contributed by atoms with E-state index in [0.717, 1.165) is 73.1 Å². The van der Waals surface area contributed by atoms with Crippen molar-refractivity contribution in [2.75, 3.05) is 46.9 Å². The predicted molar refractivity (Wildman–Crippen MR) is 151 cm³/mol. The van der Waals surface area contributed by atoms with Crippen LogP contribution in [0.15, 0.2) is 42.5 Å². The summed E-state index contributed by atoms with van der Waals surface area (Å²) in [6, 6.07) is 14.4. The zero-order valence-corrected chi connectivity index (χ0v) is 23.1. The maximum Gasteiger partial charge on any atom is 0.254 e. The summed E-state index contributed by atoms with van der Waals surface area (Å²) < 4.78 is 11.1. The largest absolute Gasteiger partial charge is 0.493 e. The number of rotatable bonds is 8. The minimum Gasteiger partial charge on any atom is -0.493 e. The average Bonchev–Trinajstić information content (AvgIpc) is 2.91. The van der Waals surface area contributed by atoms with Crippen molar-refractivity contribution < 1.29 is 19.4 Å². The SMILES string of the molecule is COc1ccc2c(CC(O)CN3CCCC(CN4CCc5cc(C)c(C)cc5C4=O)C3)cccc2c1OC. The number of β-amino-alcohol motifs (C(OH)–C–C–N with tert-alkyl or cyclic N) is 1. The van der Waals surface area contributed by atoms with E-state index in [9.17, 15) is 9.90 Å². The van der Waals surface area contributed by atoms with E-state index in [2.05, 4.69) is 41.8 Å². The Bertz CT molecular complexity index is 1320. The number of nitrogens with zero attached hydrogens (tertiary/aromatic N) is 2. The molecule has 2 atom stereocenters. The molecule has 2 aliphatic heterocycles. The molecule has 202 valence electrons. The van der Waals surface area contributed by atoms with Gasteiger partial charge in [-0.15, -0.1) is 0 Å². The van der Waals surface area contributed by atoms with E-state index in [1.807, 2.05) is 24.3 Å². The summed E-state index contributed by atoms with van der Waals surface area (Å²) in [6.07, 6.45) is 3.26. The van der Waals surface area contributed by atoms with Gasteiger partial charge in [0.2, 0.25) is 0 Å². The second-order valence-corrected chi connectivity index (χ2v) is 11.0. The van der Waals surface area contributed by atoms with Crippen molar-refractivity contribution in [1.82, 2.24) is 9.80 Å². The van der Waals surface area contributed by atoms with Gasteiger partial charge in [0.1, 0.15) is 0 Å². The van der Waals surface area contributed by atoms with Crippen LogP contribution in [-0.4, -0.2) is 73.9 Å². The van der Waals surface area contributed by atoms with Crippen LogP contribution in [0.3, 0.4) is 0 Å². The van der Waals surface area contributed by atoms with Gasteiger partial charge in [-0.1, -0.05) is 30.3 Å². The van der Waals surface area contributed by atoms with E-state index in [4.69, 9.17) is 9.47 Å². The third-order valence-electron chi connectivity index (χ3n) is 8.38. The van der Waals surface area contributed by atoms with E-state index in [-0.39, 0.29) is 5.91 Å². The molecule has 0 spiro atoms. The number of aryl methyl sites for hydroxylation is 2. The minimum atomic E-state index is -0.470. The first-order valence-corrected chi connectivity index (χ1v) is 13.8. The lowest BCUT2D eigenvalue weighted by Crippen LogP contribution is -2.46. The summed E-state index contributed by atoms with van der Waals surface area (Å²) in [5.41, 5.74) is 5.61. The van der Waals surface area contributed by atoms with E-state index in [1.165, 1.54) is 16.7 Å². The van der Waals surface area contributed by atoms with Gasteiger partial charge in [0.05, 0.1) is 20.3 Å². The number of likely N-dealkylation sites (tertiary alicyclic amines) is 1. The molecule has 0 aliphatic carbocycles. The fourth-order valence-electron chi connectivity index (χ4n) is 6.30. The van der Waals surface area contributed by atoms with Crippen LogP contribution in [0.1, 0.15) is 45.5 Å². The Kier molecular flexibility index (Phi) is 7.91. The summed E-state index contributed by atoms with van der Waals surface area (Å²) >= 11 is 0. The lowest BCUT2D eigenvalue weighted by Gasteiger charge is -2.38. The van der Waals surface area contributed by atoms with Gasteiger partial charge in [-0.2, -0.15) is 0 Å². The lowest BCUT2D eigenvalue weighted by molar-refractivity contribution is 0.0580. The Morgan fingerprint density at radius 3 is 2.63 bits per heavy atom. The zero-order chi connectivity index (χ0) is 26.8. The van der Waals surface area contributed by atoms with Crippen molar-refractivity contribution >= 4 is 16.7 Å². The molecule has 6 nitrogen and oxygen atoms in total. The van der Waals surface area contributed by atoms with Crippen LogP contribution in [0.4, 0.5) is 0 Å². The number of benzene rings is 3. The first kappa shape index (κ1) is 26.5. The van der Waals surface area contributed by atoms with Gasteiger partial charge < -0.3 is 24.4 Å². The highest BCUT2D eigenvalue weighted by molar-refractivity contribution is 5.97. The first-order chi connectivity index (χ1) is 18.4. The number of aliphatic hydroxyl groups is 1. The number of aliphatic hydroxyl groups excluding tert-OH is 1. The summed E-state index contributed by atoms with van der Waals surface area (Å²) in [4.78, 5) is 17.7. The summed E-state index contributed by atoms with van der Waals surface area (Å²) in [5, 5.41) is 13.2. The van der Waals surface area contributed by atoms with Gasteiger partial charge in [0.15, 0.2) is 11.5 Å². The van der Waals surface area contributed by atoms with Gasteiger partial charge in [0.25, 0.3) is 5.91 Å². The van der Waals surface area contributed by atoms with Crippen LogP contribution < -0.4 is 9.47 Å². The number of hydrogen-bond acceptors (Lipinski definition) is 5. The molecule has 2 heterocycles. The highest BCUT2D eigenvalue weighted by Gasteiger charge is 2.29. The molecular formula is C32H40N2O4. The van der Waals surface area contributed by atoms with Crippen LogP contribution in [0, 0.1) is 19.8 Å². The molecule has 3 aromatic rings. The molecule has 0 bridgehead atoms. The molecule has 1 N–H and O–H groups in total. The molecule has 0 aromatic heterocycles. The van der Waals surface area contributed by atoms with E-state index < -0.39 is 6.10 Å². The molecule has 1 saturated heterocycles. The second kappa shape index (κ2) is 11.3. The van der Waals surface area contributed by atoms with Crippen molar-refractivity contribution in [3.8, 4) is 11.5 Å². The van der Waals surface area contributed by atoms with Crippen LogP contribution in [-0.2, 0) is 12.8 Å². The third kappa shape index (κ3) is 5.38. The molecule has 2 unspecified atom stereocenters. The summed E-state index contributed by atoms with van der Waals surface area (Å²) in [6.45, 7) is 8.33. The van der Waals surface area contributed by atoms with E-state index >= 15 is 0 Å². The number of methoxy groups -OCH3 is 2. The molecule has 1 fully saturated rings. The van der Waals surface area contributed by atoms with Gasteiger partial charge >= 0.3 is 0 Å². The zero-order valence-electron chi connectivity index (χ0n) is 23.1. The number of carbonyl (C=O) groups is 1. The fraction of sp³-hybridized carbons (Fsp3) is 0.469. The number of amides is 1. The molecule has 1 amide bonds. The lowest BCUT2D eigenvalue weighted by atomic mass is 9.92. The Hall–Kier alpha value is -3.09. The normalized spacial score (nSPS) is 18.9. The molecule has 0 radical (unpaired) electrons. The monoisotopic (exact) mass is 516 g/mol.